The van der Waals surface area contributed by atoms with Gasteiger partial charge in [0.1, 0.15) is 6.04 Å². The molecule has 1 aliphatic carbocycles. The van der Waals surface area contributed by atoms with Crippen molar-refractivity contribution in [2.24, 2.45) is 17.8 Å². The van der Waals surface area contributed by atoms with Crippen molar-refractivity contribution in [3.63, 3.8) is 0 Å². The first kappa shape index (κ1) is 21.1. The van der Waals surface area contributed by atoms with E-state index >= 15 is 0 Å². The fourth-order valence-electron chi connectivity index (χ4n) is 4.08. The van der Waals surface area contributed by atoms with Gasteiger partial charge < -0.3 is 5.32 Å². The molecule has 5 nitrogen and oxygen atoms in total. The van der Waals surface area contributed by atoms with Crippen molar-refractivity contribution in [3.05, 3.63) is 47.5 Å². The third kappa shape index (κ3) is 4.23. The summed E-state index contributed by atoms with van der Waals surface area (Å²) in [5.41, 5.74) is 0.400. The van der Waals surface area contributed by atoms with E-state index in [1.807, 2.05) is 26.0 Å². The Morgan fingerprint density at radius 3 is 2.17 bits per heavy atom. The normalized spacial score (nSPS) is 23.3. The second-order valence-corrected chi connectivity index (χ2v) is 8.25. The zero-order valence-electron chi connectivity index (χ0n) is 16.8. The second-order valence-electron chi connectivity index (χ2n) is 8.25. The summed E-state index contributed by atoms with van der Waals surface area (Å²) >= 11 is 0. The van der Waals surface area contributed by atoms with Crippen LogP contribution in [-0.2, 0) is 14.4 Å². The summed E-state index contributed by atoms with van der Waals surface area (Å²) in [6.07, 6.45) is 5.15. The summed E-state index contributed by atoms with van der Waals surface area (Å²) in [5.74, 6) is -3.76. The molecule has 0 spiro atoms. The number of carbonyl (C=O) groups excluding carboxylic acids is 3. The number of nitrogens with zero attached hydrogens (tertiary/aromatic N) is 1. The van der Waals surface area contributed by atoms with Gasteiger partial charge in [-0.3, -0.25) is 19.3 Å². The van der Waals surface area contributed by atoms with Gasteiger partial charge in [-0.05, 0) is 49.8 Å². The zero-order chi connectivity index (χ0) is 21.3. The molecule has 1 aliphatic heterocycles. The van der Waals surface area contributed by atoms with Crippen molar-refractivity contribution in [3.8, 4) is 0 Å². The Bertz CT molecular complexity index is 826. The molecule has 0 bridgehead atoms. The van der Waals surface area contributed by atoms with Crippen LogP contribution in [0.15, 0.2) is 30.4 Å². The summed E-state index contributed by atoms with van der Waals surface area (Å²) in [6.45, 7) is 5.48. The first-order chi connectivity index (χ1) is 13.7. The van der Waals surface area contributed by atoms with E-state index in [0.717, 1.165) is 17.0 Å². The van der Waals surface area contributed by atoms with Crippen molar-refractivity contribution >= 4 is 17.7 Å². The van der Waals surface area contributed by atoms with Crippen molar-refractivity contribution in [2.45, 2.75) is 52.1 Å². The Labute approximate surface area is 169 Å². The molecule has 156 valence electrons. The summed E-state index contributed by atoms with van der Waals surface area (Å²) in [5, 5.41) is 2.76. The third-order valence-electron chi connectivity index (χ3n) is 5.65. The molecule has 0 aromatic heterocycles. The maximum Gasteiger partial charge on any atom is 0.243 e. The van der Waals surface area contributed by atoms with Gasteiger partial charge >= 0.3 is 0 Å². The van der Waals surface area contributed by atoms with Gasteiger partial charge in [-0.25, -0.2) is 8.78 Å². The summed E-state index contributed by atoms with van der Waals surface area (Å²) in [6, 6.07) is 1.90. The highest BCUT2D eigenvalue weighted by Crippen LogP contribution is 2.37. The predicted molar refractivity (Wildman–Crippen MR) is 103 cm³/mol. The van der Waals surface area contributed by atoms with Gasteiger partial charge in [0, 0.05) is 0 Å². The van der Waals surface area contributed by atoms with Gasteiger partial charge in [0.2, 0.25) is 17.7 Å². The number of fused-ring (bicyclic) bond motifs is 1. The van der Waals surface area contributed by atoms with E-state index in [9.17, 15) is 23.2 Å². The minimum absolute atomic E-state index is 0.0747. The number of likely N-dealkylation sites (tertiary alicyclic amines) is 1. The van der Waals surface area contributed by atoms with Crippen LogP contribution in [-0.4, -0.2) is 28.7 Å². The molecule has 1 saturated heterocycles. The standard InChI is InChI=1S/C22H26F2N2O3/c1-12(2)10-19(26-21(28)15-6-4-5-7-16(15)22(26)29)20(27)25-13(3)14-8-9-17(23)18(24)11-14/h4-5,8-9,11-13,15-16,19H,6-7,10H2,1-3H3,(H,25,27). The molecule has 1 heterocycles. The van der Waals surface area contributed by atoms with Crippen molar-refractivity contribution in [2.75, 3.05) is 0 Å². The molecule has 1 fully saturated rings. The van der Waals surface area contributed by atoms with Gasteiger partial charge in [0.05, 0.1) is 17.9 Å². The minimum atomic E-state index is -0.996. The average Bonchev–Trinajstić information content (AvgIpc) is 2.92. The maximum atomic E-state index is 13.5. The van der Waals surface area contributed by atoms with E-state index in [4.69, 9.17) is 0 Å². The Morgan fingerprint density at radius 1 is 1.07 bits per heavy atom. The fourth-order valence-corrected chi connectivity index (χ4v) is 4.08. The van der Waals surface area contributed by atoms with Crippen molar-refractivity contribution < 1.29 is 23.2 Å². The molecule has 1 aromatic rings. The number of hydrogen-bond donors (Lipinski definition) is 1. The lowest BCUT2D eigenvalue weighted by Gasteiger charge is -2.28. The SMILES string of the molecule is CC(C)CC(C(=O)NC(C)c1ccc(F)c(F)c1)N1C(=O)C2CC=CCC2C1=O. The topological polar surface area (TPSA) is 66.5 Å². The fraction of sp³-hybridized carbons (Fsp3) is 0.500. The van der Waals surface area contributed by atoms with Crippen LogP contribution >= 0.6 is 0 Å². The largest absolute Gasteiger partial charge is 0.348 e. The van der Waals surface area contributed by atoms with Crippen LogP contribution in [0, 0.1) is 29.4 Å². The van der Waals surface area contributed by atoms with E-state index in [-0.39, 0.29) is 17.7 Å². The zero-order valence-corrected chi connectivity index (χ0v) is 16.8. The van der Waals surface area contributed by atoms with Gasteiger partial charge in [-0.15, -0.1) is 0 Å². The number of carbonyl (C=O) groups is 3. The van der Waals surface area contributed by atoms with Gasteiger partial charge in [0.15, 0.2) is 11.6 Å². The van der Waals surface area contributed by atoms with E-state index in [1.54, 1.807) is 6.92 Å². The number of halogens is 2. The summed E-state index contributed by atoms with van der Waals surface area (Å²) < 4.78 is 26.7. The van der Waals surface area contributed by atoms with Crippen LogP contribution < -0.4 is 5.32 Å². The molecule has 4 unspecified atom stereocenters. The van der Waals surface area contributed by atoms with Crippen LogP contribution in [0.25, 0.3) is 0 Å². The van der Waals surface area contributed by atoms with E-state index in [1.165, 1.54) is 6.07 Å². The molecule has 3 amide bonds. The third-order valence-corrected chi connectivity index (χ3v) is 5.65. The smallest absolute Gasteiger partial charge is 0.243 e. The first-order valence-electron chi connectivity index (χ1n) is 9.98. The molecule has 29 heavy (non-hydrogen) atoms. The van der Waals surface area contributed by atoms with Crippen LogP contribution in [0.1, 0.15) is 51.6 Å². The molecule has 1 aromatic carbocycles. The molecule has 2 aliphatic rings. The molecule has 1 N–H and O–H groups in total. The van der Waals surface area contributed by atoms with Gasteiger partial charge in [-0.2, -0.15) is 0 Å². The van der Waals surface area contributed by atoms with Crippen LogP contribution in [0.3, 0.4) is 0 Å². The second kappa shape index (κ2) is 8.43. The van der Waals surface area contributed by atoms with Crippen LogP contribution in [0.5, 0.6) is 0 Å². The number of benzene rings is 1. The highest BCUT2D eigenvalue weighted by Gasteiger charge is 2.51. The Hall–Kier alpha value is -2.57. The molecular formula is C22H26F2N2O3. The molecular weight excluding hydrogens is 378 g/mol. The average molecular weight is 404 g/mol. The lowest BCUT2D eigenvalue weighted by Crippen LogP contribution is -2.51. The van der Waals surface area contributed by atoms with E-state index in [0.29, 0.717) is 24.8 Å². The number of rotatable bonds is 6. The van der Waals surface area contributed by atoms with Gasteiger partial charge in [0.25, 0.3) is 0 Å². The molecule has 3 rings (SSSR count). The minimum Gasteiger partial charge on any atom is -0.348 e. The van der Waals surface area contributed by atoms with Crippen LogP contribution in [0.4, 0.5) is 8.78 Å². The summed E-state index contributed by atoms with van der Waals surface area (Å²) in [4.78, 5) is 40.0. The monoisotopic (exact) mass is 404 g/mol. The molecule has 0 radical (unpaired) electrons. The van der Waals surface area contributed by atoms with Crippen LogP contribution in [0.2, 0.25) is 0 Å². The van der Waals surface area contributed by atoms with E-state index < -0.39 is 41.5 Å². The lowest BCUT2D eigenvalue weighted by atomic mass is 9.85. The molecule has 0 saturated carbocycles. The molecule has 4 atom stereocenters. The Balaban J connectivity index is 1.81. The number of allylic oxidation sites excluding steroid dienone is 2. The summed E-state index contributed by atoms with van der Waals surface area (Å²) in [7, 11) is 0. The van der Waals surface area contributed by atoms with Crippen molar-refractivity contribution in [1.29, 1.82) is 0 Å². The first-order valence-corrected chi connectivity index (χ1v) is 9.98. The maximum absolute atomic E-state index is 13.5. The number of amides is 3. The van der Waals surface area contributed by atoms with Gasteiger partial charge in [-0.1, -0.05) is 32.1 Å². The van der Waals surface area contributed by atoms with Crippen molar-refractivity contribution in [1.82, 2.24) is 10.2 Å². The Kier molecular flexibility index (Phi) is 6.15. The lowest BCUT2D eigenvalue weighted by molar-refractivity contribution is -0.148. The highest BCUT2D eigenvalue weighted by molar-refractivity contribution is 6.08. The molecule has 7 heteroatoms. The number of hydrogen-bond acceptors (Lipinski definition) is 3. The Morgan fingerprint density at radius 2 is 1.66 bits per heavy atom. The quantitative estimate of drug-likeness (QED) is 0.583. The number of nitrogens with one attached hydrogen (secondary N) is 1. The predicted octanol–water partition coefficient (Wildman–Crippen LogP) is 3.51. The van der Waals surface area contributed by atoms with E-state index in [2.05, 4.69) is 5.32 Å². The highest BCUT2D eigenvalue weighted by atomic mass is 19.2. The number of imide groups is 1.